The van der Waals surface area contributed by atoms with Crippen molar-refractivity contribution in [3.05, 3.63) is 0 Å². The van der Waals surface area contributed by atoms with Gasteiger partial charge in [0.1, 0.15) is 5.78 Å². The molecule has 0 aromatic carbocycles. The van der Waals surface area contributed by atoms with Crippen molar-refractivity contribution < 1.29 is 15.0 Å². The number of hydrogen-bond acceptors (Lipinski definition) is 4. The van der Waals surface area contributed by atoms with Crippen LogP contribution in [0.2, 0.25) is 0 Å². The summed E-state index contributed by atoms with van der Waals surface area (Å²) in [4.78, 5) is 12.2. The van der Waals surface area contributed by atoms with Crippen molar-refractivity contribution in [2.75, 3.05) is 6.61 Å². The van der Waals surface area contributed by atoms with E-state index in [9.17, 15) is 9.90 Å². The molecule has 0 aromatic heterocycles. The van der Waals surface area contributed by atoms with Crippen molar-refractivity contribution in [3.8, 4) is 0 Å². The van der Waals surface area contributed by atoms with E-state index in [1.165, 1.54) is 57.8 Å². The lowest BCUT2D eigenvalue weighted by molar-refractivity contribution is -0.125. The SMILES string of the molecule is CCCCCCCCCCCCCC(=O)C(CC)C(N)C(O)CO. The fourth-order valence-electron chi connectivity index (χ4n) is 3.25. The molecule has 0 aliphatic rings. The Morgan fingerprint density at radius 2 is 1.33 bits per heavy atom. The molecular weight excluding hydrogens is 302 g/mol. The van der Waals surface area contributed by atoms with Crippen molar-refractivity contribution in [2.24, 2.45) is 11.7 Å². The first-order chi connectivity index (χ1) is 11.6. The maximum absolute atomic E-state index is 12.2. The predicted molar refractivity (Wildman–Crippen MR) is 101 cm³/mol. The highest BCUT2D eigenvalue weighted by Gasteiger charge is 2.28. The molecule has 3 unspecified atom stereocenters. The molecule has 0 aliphatic heterocycles. The number of aliphatic hydroxyl groups excluding tert-OH is 2. The summed E-state index contributed by atoms with van der Waals surface area (Å²) in [5.41, 5.74) is 5.88. The summed E-state index contributed by atoms with van der Waals surface area (Å²) < 4.78 is 0. The molecule has 144 valence electrons. The van der Waals surface area contributed by atoms with Crippen molar-refractivity contribution in [3.63, 3.8) is 0 Å². The summed E-state index contributed by atoms with van der Waals surface area (Å²) in [5, 5.41) is 18.6. The minimum Gasteiger partial charge on any atom is -0.394 e. The highest BCUT2D eigenvalue weighted by Crippen LogP contribution is 2.17. The molecule has 0 fully saturated rings. The first-order valence-electron chi connectivity index (χ1n) is 10.2. The van der Waals surface area contributed by atoms with E-state index in [1.54, 1.807) is 0 Å². The second kappa shape index (κ2) is 16.0. The molecule has 4 N–H and O–H groups in total. The lowest BCUT2D eigenvalue weighted by atomic mass is 9.87. The number of ketones is 1. The van der Waals surface area contributed by atoms with Gasteiger partial charge in [-0.15, -0.1) is 0 Å². The predicted octanol–water partition coefficient (Wildman–Crippen LogP) is 3.96. The van der Waals surface area contributed by atoms with Crippen molar-refractivity contribution in [1.82, 2.24) is 0 Å². The van der Waals surface area contributed by atoms with E-state index in [2.05, 4.69) is 6.92 Å². The van der Waals surface area contributed by atoms with Crippen LogP contribution in [-0.4, -0.2) is 34.7 Å². The van der Waals surface area contributed by atoms with Crippen molar-refractivity contribution >= 4 is 5.78 Å². The number of aliphatic hydroxyl groups is 2. The maximum atomic E-state index is 12.2. The number of carbonyl (C=O) groups excluding carboxylic acids is 1. The summed E-state index contributed by atoms with van der Waals surface area (Å²) in [6.07, 6.45) is 14.1. The fourth-order valence-corrected chi connectivity index (χ4v) is 3.25. The zero-order valence-electron chi connectivity index (χ0n) is 16.0. The number of carbonyl (C=O) groups is 1. The molecule has 4 nitrogen and oxygen atoms in total. The summed E-state index contributed by atoms with van der Waals surface area (Å²) in [6.45, 7) is 3.77. The van der Waals surface area contributed by atoms with E-state index in [0.29, 0.717) is 12.8 Å². The van der Waals surface area contributed by atoms with Crippen LogP contribution in [0.15, 0.2) is 0 Å². The molecule has 24 heavy (non-hydrogen) atoms. The van der Waals surface area contributed by atoms with Crippen LogP contribution in [0.4, 0.5) is 0 Å². The number of rotatable bonds is 17. The van der Waals surface area contributed by atoms with Gasteiger partial charge in [-0.2, -0.15) is 0 Å². The normalized spacial score (nSPS) is 15.2. The number of nitrogens with two attached hydrogens (primary N) is 1. The lowest BCUT2D eigenvalue weighted by Gasteiger charge is -2.24. The number of hydrogen-bond donors (Lipinski definition) is 3. The van der Waals surface area contributed by atoms with Crippen molar-refractivity contribution in [1.29, 1.82) is 0 Å². The average molecular weight is 344 g/mol. The van der Waals surface area contributed by atoms with E-state index in [4.69, 9.17) is 10.8 Å². The maximum Gasteiger partial charge on any atom is 0.137 e. The van der Waals surface area contributed by atoms with Gasteiger partial charge in [0.05, 0.1) is 12.7 Å². The molecule has 3 atom stereocenters. The van der Waals surface area contributed by atoms with Crippen LogP contribution in [-0.2, 0) is 4.79 Å². The molecule has 0 spiro atoms. The molecule has 0 rings (SSSR count). The molecule has 0 bridgehead atoms. The van der Waals surface area contributed by atoms with Crippen LogP contribution >= 0.6 is 0 Å². The zero-order chi connectivity index (χ0) is 18.2. The third-order valence-electron chi connectivity index (χ3n) is 4.98. The first-order valence-corrected chi connectivity index (χ1v) is 10.2. The summed E-state index contributed by atoms with van der Waals surface area (Å²) in [7, 11) is 0. The zero-order valence-corrected chi connectivity index (χ0v) is 16.0. The van der Waals surface area contributed by atoms with Gasteiger partial charge in [-0.3, -0.25) is 4.79 Å². The third kappa shape index (κ3) is 11.2. The quantitative estimate of drug-likeness (QED) is 0.349. The van der Waals surface area contributed by atoms with Gasteiger partial charge in [0, 0.05) is 18.4 Å². The Morgan fingerprint density at radius 3 is 1.75 bits per heavy atom. The van der Waals surface area contributed by atoms with E-state index in [1.807, 2.05) is 6.92 Å². The van der Waals surface area contributed by atoms with Gasteiger partial charge in [0.15, 0.2) is 0 Å². The van der Waals surface area contributed by atoms with Gasteiger partial charge in [0.25, 0.3) is 0 Å². The number of Topliss-reactive ketones (excluding diaryl/α,β-unsaturated/α-hetero) is 1. The topological polar surface area (TPSA) is 83.6 Å². The van der Waals surface area contributed by atoms with Crippen molar-refractivity contribution in [2.45, 2.75) is 109 Å². The Balaban J connectivity index is 3.63. The molecular formula is C20H41NO3. The molecule has 0 heterocycles. The Morgan fingerprint density at radius 1 is 0.875 bits per heavy atom. The fraction of sp³-hybridized carbons (Fsp3) is 0.950. The minimum absolute atomic E-state index is 0.133. The van der Waals surface area contributed by atoms with Crippen LogP contribution in [0.5, 0.6) is 0 Å². The molecule has 0 amide bonds. The molecule has 0 aromatic rings. The van der Waals surface area contributed by atoms with Gasteiger partial charge >= 0.3 is 0 Å². The van der Waals surface area contributed by atoms with E-state index in [0.717, 1.165) is 12.8 Å². The van der Waals surface area contributed by atoms with E-state index in [-0.39, 0.29) is 18.3 Å². The van der Waals surface area contributed by atoms with Gasteiger partial charge in [-0.05, 0) is 12.8 Å². The van der Waals surface area contributed by atoms with Crippen LogP contribution in [0.3, 0.4) is 0 Å². The number of unbranched alkanes of at least 4 members (excludes halogenated alkanes) is 10. The third-order valence-corrected chi connectivity index (χ3v) is 4.98. The molecule has 0 aliphatic carbocycles. The highest BCUT2D eigenvalue weighted by molar-refractivity contribution is 5.81. The van der Waals surface area contributed by atoms with Crippen LogP contribution in [0, 0.1) is 5.92 Å². The van der Waals surface area contributed by atoms with Gasteiger partial charge < -0.3 is 15.9 Å². The second-order valence-corrected chi connectivity index (χ2v) is 7.09. The summed E-state index contributed by atoms with van der Waals surface area (Å²) in [6, 6.07) is -0.653. The highest BCUT2D eigenvalue weighted by atomic mass is 16.3. The van der Waals surface area contributed by atoms with Gasteiger partial charge in [-0.25, -0.2) is 0 Å². The average Bonchev–Trinajstić information content (AvgIpc) is 2.59. The Bertz CT molecular complexity index is 297. The second-order valence-electron chi connectivity index (χ2n) is 7.09. The molecule has 0 radical (unpaired) electrons. The standard InChI is InChI=1S/C20H41NO3/c1-3-5-6-7-8-9-10-11-12-13-14-15-18(23)17(4-2)20(21)19(24)16-22/h17,19-20,22,24H,3-16,21H2,1-2H3. The molecule has 0 saturated carbocycles. The minimum atomic E-state index is -1.00. The Kier molecular flexibility index (Phi) is 15.7. The Labute approximate surface area is 149 Å². The first kappa shape index (κ1) is 23.5. The van der Waals surface area contributed by atoms with Gasteiger partial charge in [0.2, 0.25) is 0 Å². The smallest absolute Gasteiger partial charge is 0.137 e. The monoisotopic (exact) mass is 343 g/mol. The molecule has 4 heteroatoms. The van der Waals surface area contributed by atoms with Crippen LogP contribution < -0.4 is 5.73 Å². The molecule has 0 saturated heterocycles. The summed E-state index contributed by atoms with van der Waals surface area (Å²) in [5.74, 6) is -0.205. The Hall–Kier alpha value is -0.450. The summed E-state index contributed by atoms with van der Waals surface area (Å²) >= 11 is 0. The van der Waals surface area contributed by atoms with Gasteiger partial charge in [-0.1, -0.05) is 78.1 Å². The largest absolute Gasteiger partial charge is 0.394 e. The van der Waals surface area contributed by atoms with Crippen LogP contribution in [0.25, 0.3) is 0 Å². The van der Waals surface area contributed by atoms with Crippen LogP contribution in [0.1, 0.15) is 97.3 Å². The van der Waals surface area contributed by atoms with E-state index < -0.39 is 12.1 Å². The van der Waals surface area contributed by atoms with E-state index >= 15 is 0 Å². The lowest BCUT2D eigenvalue weighted by Crippen LogP contribution is -2.46.